The predicted octanol–water partition coefficient (Wildman–Crippen LogP) is 2.96. The molecule has 2 heterocycles. The first kappa shape index (κ1) is 11.2. The Bertz CT molecular complexity index is 373. The van der Waals surface area contributed by atoms with Gasteiger partial charge in [0.1, 0.15) is 0 Å². The Labute approximate surface area is 96.4 Å². The molecule has 1 aliphatic rings. The van der Waals surface area contributed by atoms with Crippen LogP contribution in [0.1, 0.15) is 37.7 Å². The third-order valence-corrected chi connectivity index (χ3v) is 3.12. The molecule has 16 heavy (non-hydrogen) atoms. The fraction of sp³-hybridized carbons (Fsp3) is 0.615. The number of hydrogen-bond donors (Lipinski definition) is 0. The van der Waals surface area contributed by atoms with E-state index in [2.05, 4.69) is 18.7 Å². The Balaban J connectivity index is 2.13. The van der Waals surface area contributed by atoms with E-state index < -0.39 is 0 Å². The lowest BCUT2D eigenvalue weighted by Crippen LogP contribution is -2.38. The predicted molar refractivity (Wildman–Crippen MR) is 63.9 cm³/mol. The van der Waals surface area contributed by atoms with E-state index in [1.54, 1.807) is 6.07 Å². The first-order valence-corrected chi connectivity index (χ1v) is 5.92. The minimum Gasteiger partial charge on any atom is -0.437 e. The average molecular weight is 221 g/mol. The van der Waals surface area contributed by atoms with Gasteiger partial charge in [0, 0.05) is 26.1 Å². The van der Waals surface area contributed by atoms with Gasteiger partial charge in [-0.05, 0) is 24.3 Å². The summed E-state index contributed by atoms with van der Waals surface area (Å²) in [4.78, 5) is 13.4. The van der Waals surface area contributed by atoms with Crippen molar-refractivity contribution in [1.29, 1.82) is 0 Å². The molecule has 0 bridgehead atoms. The molecule has 3 nitrogen and oxygen atoms in total. The monoisotopic (exact) mass is 221 g/mol. The standard InChI is InChI=1S/C13H19NO2/c1-9-6-10(2)8-14(7-9)13-5-4-12(16-13)11(3)15/h4-5,9-10H,6-8H2,1-3H3. The quantitative estimate of drug-likeness (QED) is 0.720. The van der Waals surface area contributed by atoms with Crippen molar-refractivity contribution in [3.05, 3.63) is 17.9 Å². The van der Waals surface area contributed by atoms with Gasteiger partial charge in [-0.2, -0.15) is 0 Å². The van der Waals surface area contributed by atoms with Crippen molar-refractivity contribution in [2.24, 2.45) is 11.8 Å². The van der Waals surface area contributed by atoms with Crippen molar-refractivity contribution in [3.63, 3.8) is 0 Å². The topological polar surface area (TPSA) is 33.5 Å². The van der Waals surface area contributed by atoms with Crippen LogP contribution < -0.4 is 4.90 Å². The minimum absolute atomic E-state index is 0.00986. The molecule has 1 saturated heterocycles. The van der Waals surface area contributed by atoms with Crippen LogP contribution in [0.25, 0.3) is 0 Å². The second kappa shape index (κ2) is 4.32. The normalized spacial score (nSPS) is 25.8. The lowest BCUT2D eigenvalue weighted by Gasteiger charge is -2.34. The SMILES string of the molecule is CC(=O)c1ccc(N2CC(C)CC(C)C2)o1. The minimum atomic E-state index is -0.00986. The molecule has 0 spiro atoms. The molecular weight excluding hydrogens is 202 g/mol. The zero-order valence-electron chi connectivity index (χ0n) is 10.2. The maximum absolute atomic E-state index is 11.2. The molecule has 1 aromatic heterocycles. The van der Waals surface area contributed by atoms with Crippen LogP contribution in [0.5, 0.6) is 0 Å². The lowest BCUT2D eigenvalue weighted by atomic mass is 9.92. The van der Waals surface area contributed by atoms with Crippen molar-refractivity contribution in [2.45, 2.75) is 27.2 Å². The second-order valence-electron chi connectivity index (χ2n) is 5.05. The van der Waals surface area contributed by atoms with Crippen molar-refractivity contribution in [1.82, 2.24) is 0 Å². The van der Waals surface area contributed by atoms with Gasteiger partial charge in [-0.25, -0.2) is 0 Å². The fourth-order valence-corrected chi connectivity index (χ4v) is 2.53. The van der Waals surface area contributed by atoms with E-state index in [9.17, 15) is 4.79 Å². The molecule has 0 radical (unpaired) electrons. The van der Waals surface area contributed by atoms with Gasteiger partial charge in [-0.1, -0.05) is 13.8 Å². The summed E-state index contributed by atoms with van der Waals surface area (Å²) in [6.07, 6.45) is 1.27. The van der Waals surface area contributed by atoms with Gasteiger partial charge in [-0.15, -0.1) is 0 Å². The summed E-state index contributed by atoms with van der Waals surface area (Å²) in [5.74, 6) is 2.66. The number of hydrogen-bond acceptors (Lipinski definition) is 3. The summed E-state index contributed by atoms with van der Waals surface area (Å²) in [6, 6.07) is 3.67. The number of rotatable bonds is 2. The molecule has 2 atom stereocenters. The highest BCUT2D eigenvalue weighted by atomic mass is 16.4. The van der Waals surface area contributed by atoms with Crippen molar-refractivity contribution in [2.75, 3.05) is 18.0 Å². The van der Waals surface area contributed by atoms with Gasteiger partial charge >= 0.3 is 0 Å². The molecule has 0 amide bonds. The van der Waals surface area contributed by atoms with Crippen LogP contribution in [0.3, 0.4) is 0 Å². The molecule has 2 unspecified atom stereocenters. The number of nitrogens with zero attached hydrogens (tertiary/aromatic N) is 1. The van der Waals surface area contributed by atoms with Crippen LogP contribution in [-0.4, -0.2) is 18.9 Å². The molecule has 88 valence electrons. The van der Waals surface area contributed by atoms with Gasteiger partial charge in [0.15, 0.2) is 17.4 Å². The highest BCUT2D eigenvalue weighted by Gasteiger charge is 2.24. The first-order chi connectivity index (χ1) is 7.56. The Hall–Kier alpha value is -1.25. The van der Waals surface area contributed by atoms with Crippen LogP contribution in [0, 0.1) is 11.8 Å². The van der Waals surface area contributed by atoms with Gasteiger partial charge in [-0.3, -0.25) is 4.79 Å². The number of Topliss-reactive ketones (excluding diaryl/α,β-unsaturated/α-hetero) is 1. The van der Waals surface area contributed by atoms with Crippen LogP contribution >= 0.6 is 0 Å². The molecule has 0 saturated carbocycles. The van der Waals surface area contributed by atoms with E-state index in [4.69, 9.17) is 4.42 Å². The first-order valence-electron chi connectivity index (χ1n) is 5.92. The average Bonchev–Trinajstić information content (AvgIpc) is 2.64. The van der Waals surface area contributed by atoms with E-state index in [0.717, 1.165) is 19.0 Å². The number of ketones is 1. The molecule has 0 N–H and O–H groups in total. The molecule has 1 aliphatic heterocycles. The van der Waals surface area contributed by atoms with Crippen LogP contribution in [0.2, 0.25) is 0 Å². The maximum atomic E-state index is 11.2. The highest BCUT2D eigenvalue weighted by Crippen LogP contribution is 2.27. The van der Waals surface area contributed by atoms with Crippen molar-refractivity contribution in [3.8, 4) is 0 Å². The van der Waals surface area contributed by atoms with E-state index in [1.807, 2.05) is 6.07 Å². The zero-order chi connectivity index (χ0) is 11.7. The summed E-state index contributed by atoms with van der Waals surface area (Å²) >= 11 is 0. The highest BCUT2D eigenvalue weighted by molar-refractivity contribution is 5.91. The largest absolute Gasteiger partial charge is 0.437 e. The zero-order valence-corrected chi connectivity index (χ0v) is 10.2. The van der Waals surface area contributed by atoms with Crippen molar-refractivity contribution < 1.29 is 9.21 Å². The van der Waals surface area contributed by atoms with Crippen LogP contribution in [0.15, 0.2) is 16.5 Å². The van der Waals surface area contributed by atoms with Crippen LogP contribution in [-0.2, 0) is 0 Å². The Morgan fingerprint density at radius 3 is 2.44 bits per heavy atom. The molecule has 2 rings (SSSR count). The number of furan rings is 1. The fourth-order valence-electron chi connectivity index (χ4n) is 2.53. The molecule has 3 heteroatoms. The summed E-state index contributed by atoms with van der Waals surface area (Å²) < 4.78 is 5.56. The number of anilines is 1. The molecule has 1 fully saturated rings. The maximum Gasteiger partial charge on any atom is 0.196 e. The molecule has 0 aromatic carbocycles. The van der Waals surface area contributed by atoms with E-state index >= 15 is 0 Å². The molecule has 1 aromatic rings. The third-order valence-electron chi connectivity index (χ3n) is 3.12. The summed E-state index contributed by atoms with van der Waals surface area (Å²) in [6.45, 7) is 8.10. The van der Waals surface area contributed by atoms with Gasteiger partial charge in [0.05, 0.1) is 0 Å². The smallest absolute Gasteiger partial charge is 0.196 e. The molecular formula is C13H19NO2. The van der Waals surface area contributed by atoms with E-state index in [1.165, 1.54) is 13.3 Å². The van der Waals surface area contributed by atoms with Crippen LogP contribution in [0.4, 0.5) is 5.88 Å². The van der Waals surface area contributed by atoms with Gasteiger partial charge in [0.25, 0.3) is 0 Å². The van der Waals surface area contributed by atoms with E-state index in [-0.39, 0.29) is 5.78 Å². The third kappa shape index (κ3) is 2.29. The lowest BCUT2D eigenvalue weighted by molar-refractivity contribution is 0.0987. The summed E-state index contributed by atoms with van der Waals surface area (Å²) in [5, 5.41) is 0. The number of carbonyl (C=O) groups excluding carboxylic acids is 1. The Kier molecular flexibility index (Phi) is 3.03. The van der Waals surface area contributed by atoms with Gasteiger partial charge in [0.2, 0.25) is 0 Å². The summed E-state index contributed by atoms with van der Waals surface area (Å²) in [7, 11) is 0. The van der Waals surface area contributed by atoms with Crippen molar-refractivity contribution >= 4 is 11.7 Å². The van der Waals surface area contributed by atoms with E-state index in [0.29, 0.717) is 17.6 Å². The Morgan fingerprint density at radius 2 is 1.94 bits per heavy atom. The number of piperidine rings is 1. The molecule has 0 aliphatic carbocycles. The number of carbonyl (C=O) groups is 1. The summed E-state index contributed by atoms with van der Waals surface area (Å²) in [5.41, 5.74) is 0. The van der Waals surface area contributed by atoms with Gasteiger partial charge < -0.3 is 9.32 Å². The second-order valence-corrected chi connectivity index (χ2v) is 5.05. The Morgan fingerprint density at radius 1 is 1.31 bits per heavy atom.